The number of carbonyl (C=O) groups is 1. The second-order valence-electron chi connectivity index (χ2n) is 7.23. The van der Waals surface area contributed by atoms with Gasteiger partial charge in [-0.25, -0.2) is 18.8 Å². The van der Waals surface area contributed by atoms with E-state index >= 15 is 0 Å². The first-order valence-electron chi connectivity index (χ1n) is 8.52. The Morgan fingerprint density at radius 3 is 2.96 bits per heavy atom. The van der Waals surface area contributed by atoms with E-state index in [1.54, 1.807) is 5.38 Å². The van der Waals surface area contributed by atoms with E-state index in [-0.39, 0.29) is 12.0 Å². The average molecular weight is 402 g/mol. The van der Waals surface area contributed by atoms with Crippen molar-refractivity contribution in [3.05, 3.63) is 10.4 Å². The molecule has 0 radical (unpaired) electrons. The summed E-state index contributed by atoms with van der Waals surface area (Å²) in [6, 6.07) is 0. The van der Waals surface area contributed by atoms with Crippen LogP contribution in [-0.2, 0) is 15.1 Å². The second kappa shape index (κ2) is 6.42. The SMILES string of the molecule is C[C@H]1C[C@H]2CSC(N)=N[C@@]2(c2nc(NC(=O)C3CC(F)(F)C3)cs2)CO1. The number of carbonyl (C=O) groups excluding carboxylic acids is 1. The van der Waals surface area contributed by atoms with E-state index in [1.165, 1.54) is 23.1 Å². The van der Waals surface area contributed by atoms with Crippen molar-refractivity contribution in [2.24, 2.45) is 22.6 Å². The standard InChI is InChI=1S/C16H20F2N4O2S2/c1-8-2-10-5-26-14(19)22-16(10,7-24-8)13-21-11(6-25-13)20-12(23)9-3-15(17,18)4-9/h6,8-10H,2-5,7H2,1H3,(H2,19,22)(H,20,23)/t8-,10-,16-/m0/s1. The molecule has 1 amide bonds. The molecule has 0 unspecified atom stereocenters. The molecule has 2 aliphatic heterocycles. The van der Waals surface area contributed by atoms with Crippen LogP contribution >= 0.6 is 23.1 Å². The number of nitrogens with one attached hydrogen (secondary N) is 1. The van der Waals surface area contributed by atoms with E-state index in [2.05, 4.69) is 15.3 Å². The Hall–Kier alpha value is -1.26. The number of hydrogen-bond acceptors (Lipinski definition) is 7. The van der Waals surface area contributed by atoms with E-state index in [9.17, 15) is 13.6 Å². The molecule has 26 heavy (non-hydrogen) atoms. The quantitative estimate of drug-likeness (QED) is 0.812. The summed E-state index contributed by atoms with van der Waals surface area (Å²) in [4.78, 5) is 21.3. The Bertz CT molecular complexity index is 748. The van der Waals surface area contributed by atoms with Gasteiger partial charge in [-0.1, -0.05) is 11.8 Å². The summed E-state index contributed by atoms with van der Waals surface area (Å²) in [6.07, 6.45) is 0.224. The number of ether oxygens (including phenoxy) is 1. The van der Waals surface area contributed by atoms with Gasteiger partial charge in [-0.3, -0.25) is 4.79 Å². The molecule has 3 N–H and O–H groups in total. The third-order valence-electron chi connectivity index (χ3n) is 5.21. The molecule has 3 heterocycles. The number of halogens is 2. The lowest BCUT2D eigenvalue weighted by Crippen LogP contribution is -2.49. The van der Waals surface area contributed by atoms with Crippen LogP contribution in [0, 0.1) is 11.8 Å². The van der Waals surface area contributed by atoms with Gasteiger partial charge in [-0.15, -0.1) is 11.3 Å². The lowest BCUT2D eigenvalue weighted by atomic mass is 9.80. The maximum atomic E-state index is 13.0. The van der Waals surface area contributed by atoms with Gasteiger partial charge in [0.05, 0.1) is 12.7 Å². The number of amidine groups is 1. The molecule has 142 valence electrons. The number of rotatable bonds is 3. The predicted octanol–water partition coefficient (Wildman–Crippen LogP) is 2.81. The van der Waals surface area contributed by atoms with E-state index < -0.39 is 36.1 Å². The Morgan fingerprint density at radius 2 is 2.23 bits per heavy atom. The summed E-state index contributed by atoms with van der Waals surface area (Å²) >= 11 is 2.93. The minimum Gasteiger partial charge on any atom is -0.379 e. The lowest BCUT2D eigenvalue weighted by Gasteiger charge is -2.44. The van der Waals surface area contributed by atoms with Crippen LogP contribution in [0.2, 0.25) is 0 Å². The van der Waals surface area contributed by atoms with Gasteiger partial charge in [0.15, 0.2) is 5.17 Å². The van der Waals surface area contributed by atoms with Crippen LogP contribution in [0.1, 0.15) is 31.2 Å². The van der Waals surface area contributed by atoms with Crippen molar-refractivity contribution < 1.29 is 18.3 Å². The van der Waals surface area contributed by atoms with Gasteiger partial charge in [-0.2, -0.15) is 0 Å². The number of amides is 1. The molecule has 3 aliphatic rings. The summed E-state index contributed by atoms with van der Waals surface area (Å²) in [5.74, 6) is -2.30. The van der Waals surface area contributed by atoms with Crippen molar-refractivity contribution in [3.8, 4) is 0 Å². The highest BCUT2D eigenvalue weighted by molar-refractivity contribution is 8.13. The van der Waals surface area contributed by atoms with Crippen LogP contribution in [0.5, 0.6) is 0 Å². The number of thiazole rings is 1. The second-order valence-corrected chi connectivity index (χ2v) is 9.13. The number of thioether (sulfide) groups is 1. The number of hydrogen-bond donors (Lipinski definition) is 2. The van der Waals surface area contributed by atoms with Crippen molar-refractivity contribution in [2.45, 2.75) is 43.8 Å². The Labute approximate surface area is 158 Å². The third-order valence-corrected chi connectivity index (χ3v) is 7.17. The zero-order valence-electron chi connectivity index (χ0n) is 14.2. The Balaban J connectivity index is 1.53. The first kappa shape index (κ1) is 18.1. The molecule has 1 saturated carbocycles. The highest BCUT2D eigenvalue weighted by atomic mass is 32.2. The van der Waals surface area contributed by atoms with E-state index in [4.69, 9.17) is 10.5 Å². The van der Waals surface area contributed by atoms with Gasteiger partial charge in [0.2, 0.25) is 11.8 Å². The van der Waals surface area contributed by atoms with Gasteiger partial charge in [0.1, 0.15) is 16.4 Å². The first-order valence-corrected chi connectivity index (χ1v) is 10.4. The first-order chi connectivity index (χ1) is 12.3. The van der Waals surface area contributed by atoms with Crippen LogP contribution in [0.15, 0.2) is 10.4 Å². The minimum absolute atomic E-state index is 0.155. The van der Waals surface area contributed by atoms with E-state index in [0.717, 1.165) is 17.2 Å². The summed E-state index contributed by atoms with van der Waals surface area (Å²) in [5.41, 5.74) is 5.34. The monoisotopic (exact) mass is 402 g/mol. The number of alkyl halides is 2. The largest absolute Gasteiger partial charge is 0.379 e. The molecule has 1 aromatic rings. The summed E-state index contributed by atoms with van der Waals surface area (Å²) < 4.78 is 31.8. The average Bonchev–Trinajstić information content (AvgIpc) is 3.02. The highest BCUT2D eigenvalue weighted by Crippen LogP contribution is 2.47. The molecule has 1 aromatic heterocycles. The van der Waals surface area contributed by atoms with Crippen molar-refractivity contribution in [1.29, 1.82) is 0 Å². The van der Waals surface area contributed by atoms with Crippen molar-refractivity contribution >= 4 is 40.0 Å². The molecule has 4 rings (SSSR count). The predicted molar refractivity (Wildman–Crippen MR) is 97.7 cm³/mol. The molecule has 0 spiro atoms. The van der Waals surface area contributed by atoms with Gasteiger partial charge in [-0.05, 0) is 13.3 Å². The normalized spacial score (nSPS) is 33.7. The molecular formula is C16H20F2N4O2S2. The highest BCUT2D eigenvalue weighted by Gasteiger charge is 2.50. The molecule has 10 heteroatoms. The molecule has 6 nitrogen and oxygen atoms in total. The molecule has 1 aliphatic carbocycles. The molecule has 1 saturated heterocycles. The number of aliphatic imine (C=N–C) groups is 1. The van der Waals surface area contributed by atoms with Crippen LogP contribution in [0.3, 0.4) is 0 Å². The van der Waals surface area contributed by atoms with Gasteiger partial charge >= 0.3 is 0 Å². The zero-order valence-corrected chi connectivity index (χ0v) is 15.8. The minimum atomic E-state index is -2.72. The zero-order chi connectivity index (χ0) is 18.5. The smallest absolute Gasteiger partial charge is 0.249 e. The fourth-order valence-corrected chi connectivity index (χ4v) is 5.66. The molecule has 0 aromatic carbocycles. The van der Waals surface area contributed by atoms with Crippen LogP contribution in [-0.4, -0.2) is 40.4 Å². The number of nitrogens with two attached hydrogens (primary N) is 1. The van der Waals surface area contributed by atoms with E-state index in [1.807, 2.05) is 6.92 Å². The van der Waals surface area contributed by atoms with Crippen molar-refractivity contribution in [1.82, 2.24) is 4.98 Å². The number of aromatic nitrogens is 1. The fraction of sp³-hybridized carbons (Fsp3) is 0.688. The molecular weight excluding hydrogens is 382 g/mol. The number of fused-ring (bicyclic) bond motifs is 1. The number of nitrogens with zero attached hydrogens (tertiary/aromatic N) is 2. The van der Waals surface area contributed by atoms with Crippen LogP contribution in [0.25, 0.3) is 0 Å². The van der Waals surface area contributed by atoms with Gasteiger partial charge in [0.25, 0.3) is 0 Å². The van der Waals surface area contributed by atoms with Crippen molar-refractivity contribution in [3.63, 3.8) is 0 Å². The summed E-state index contributed by atoms with van der Waals surface area (Å²) in [5, 5.41) is 5.63. The molecule has 0 bridgehead atoms. The summed E-state index contributed by atoms with van der Waals surface area (Å²) in [6.45, 7) is 2.44. The topological polar surface area (TPSA) is 89.6 Å². The molecule has 2 fully saturated rings. The lowest BCUT2D eigenvalue weighted by molar-refractivity contribution is -0.145. The molecule has 3 atom stereocenters. The van der Waals surface area contributed by atoms with Crippen LogP contribution in [0.4, 0.5) is 14.6 Å². The fourth-order valence-electron chi connectivity index (χ4n) is 3.68. The van der Waals surface area contributed by atoms with Crippen LogP contribution < -0.4 is 11.1 Å². The summed E-state index contributed by atoms with van der Waals surface area (Å²) in [7, 11) is 0. The Kier molecular flexibility index (Phi) is 4.47. The number of anilines is 1. The third kappa shape index (κ3) is 3.22. The maximum absolute atomic E-state index is 13.0. The van der Waals surface area contributed by atoms with Crippen molar-refractivity contribution in [2.75, 3.05) is 17.7 Å². The van der Waals surface area contributed by atoms with E-state index in [0.29, 0.717) is 17.6 Å². The van der Waals surface area contributed by atoms with Gasteiger partial charge < -0.3 is 15.8 Å². The Morgan fingerprint density at radius 1 is 1.46 bits per heavy atom. The van der Waals surface area contributed by atoms with Gasteiger partial charge in [0, 0.05) is 35.8 Å². The maximum Gasteiger partial charge on any atom is 0.249 e.